The van der Waals surface area contributed by atoms with E-state index in [-0.39, 0.29) is 5.91 Å². The number of nitrogens with one attached hydrogen (secondary N) is 1. The molecule has 0 saturated heterocycles. The van der Waals surface area contributed by atoms with Crippen LogP contribution in [-0.4, -0.2) is 32.7 Å². The zero-order valence-corrected chi connectivity index (χ0v) is 15.8. The summed E-state index contributed by atoms with van der Waals surface area (Å²) in [6, 6.07) is 15.5. The van der Waals surface area contributed by atoms with Crippen LogP contribution in [0, 0.1) is 0 Å². The SMILES string of the molecule is CCN(CC)c1ccc(NC(=O)CCCOc2ccccc2OC)cc1. The van der Waals surface area contributed by atoms with Gasteiger partial charge in [-0.1, -0.05) is 12.1 Å². The highest BCUT2D eigenvalue weighted by molar-refractivity contribution is 5.90. The highest BCUT2D eigenvalue weighted by Crippen LogP contribution is 2.25. The van der Waals surface area contributed by atoms with Crippen molar-refractivity contribution in [1.82, 2.24) is 0 Å². The van der Waals surface area contributed by atoms with Crippen LogP contribution in [0.5, 0.6) is 11.5 Å². The van der Waals surface area contributed by atoms with Gasteiger partial charge in [0.05, 0.1) is 13.7 Å². The lowest BCUT2D eigenvalue weighted by atomic mass is 10.2. The minimum atomic E-state index is -0.00999. The Morgan fingerprint density at radius 2 is 1.65 bits per heavy atom. The smallest absolute Gasteiger partial charge is 0.224 e. The van der Waals surface area contributed by atoms with Crippen molar-refractivity contribution in [2.24, 2.45) is 0 Å². The molecule has 0 heterocycles. The average Bonchev–Trinajstić information content (AvgIpc) is 2.68. The number of ether oxygens (including phenoxy) is 2. The predicted molar refractivity (Wildman–Crippen MR) is 106 cm³/mol. The van der Waals surface area contributed by atoms with Crippen LogP contribution in [0.15, 0.2) is 48.5 Å². The Morgan fingerprint density at radius 3 is 2.27 bits per heavy atom. The number of para-hydroxylation sites is 2. The van der Waals surface area contributed by atoms with Gasteiger partial charge in [0.15, 0.2) is 11.5 Å². The van der Waals surface area contributed by atoms with E-state index in [0.717, 1.165) is 18.8 Å². The molecular weight excluding hydrogens is 328 g/mol. The Bertz CT molecular complexity index is 682. The van der Waals surface area contributed by atoms with E-state index in [9.17, 15) is 4.79 Å². The molecule has 140 valence electrons. The Morgan fingerprint density at radius 1 is 1.00 bits per heavy atom. The maximum absolute atomic E-state index is 12.1. The Balaban J connectivity index is 1.75. The van der Waals surface area contributed by atoms with Crippen molar-refractivity contribution >= 4 is 17.3 Å². The molecule has 0 atom stereocenters. The normalized spacial score (nSPS) is 10.3. The molecule has 0 bridgehead atoms. The molecule has 0 aromatic heterocycles. The van der Waals surface area contributed by atoms with Gasteiger partial charge in [-0.05, 0) is 56.7 Å². The van der Waals surface area contributed by atoms with Gasteiger partial charge in [0.1, 0.15) is 0 Å². The van der Waals surface area contributed by atoms with Crippen LogP contribution in [0.3, 0.4) is 0 Å². The van der Waals surface area contributed by atoms with E-state index in [1.165, 1.54) is 5.69 Å². The molecule has 2 aromatic rings. The lowest BCUT2D eigenvalue weighted by molar-refractivity contribution is -0.116. The third-order valence-electron chi connectivity index (χ3n) is 4.15. The summed E-state index contributed by atoms with van der Waals surface area (Å²) >= 11 is 0. The highest BCUT2D eigenvalue weighted by Gasteiger charge is 2.06. The van der Waals surface area contributed by atoms with Crippen molar-refractivity contribution in [3.63, 3.8) is 0 Å². The number of carbonyl (C=O) groups excluding carboxylic acids is 1. The van der Waals surface area contributed by atoms with Crippen molar-refractivity contribution < 1.29 is 14.3 Å². The zero-order chi connectivity index (χ0) is 18.8. The number of hydrogen-bond acceptors (Lipinski definition) is 4. The molecule has 0 aliphatic heterocycles. The van der Waals surface area contributed by atoms with Gasteiger partial charge in [0.25, 0.3) is 0 Å². The fraction of sp³-hybridized carbons (Fsp3) is 0.381. The number of benzene rings is 2. The van der Waals surface area contributed by atoms with Gasteiger partial charge in [0, 0.05) is 30.9 Å². The topological polar surface area (TPSA) is 50.8 Å². The van der Waals surface area contributed by atoms with Gasteiger partial charge in [-0.15, -0.1) is 0 Å². The molecular formula is C21H28N2O3. The molecule has 0 saturated carbocycles. The first kappa shape index (κ1) is 19.6. The third kappa shape index (κ3) is 5.69. The molecule has 1 amide bonds. The highest BCUT2D eigenvalue weighted by atomic mass is 16.5. The number of nitrogens with zero attached hydrogens (tertiary/aromatic N) is 1. The number of amides is 1. The molecule has 2 aromatic carbocycles. The molecule has 2 rings (SSSR count). The zero-order valence-electron chi connectivity index (χ0n) is 15.8. The summed E-state index contributed by atoms with van der Waals surface area (Å²) in [7, 11) is 1.61. The fourth-order valence-electron chi connectivity index (χ4n) is 2.72. The summed E-state index contributed by atoms with van der Waals surface area (Å²) in [5.41, 5.74) is 1.98. The summed E-state index contributed by atoms with van der Waals surface area (Å²) in [5, 5.41) is 2.93. The van der Waals surface area contributed by atoms with Crippen LogP contribution in [0.2, 0.25) is 0 Å². The van der Waals surface area contributed by atoms with Crippen LogP contribution in [0.25, 0.3) is 0 Å². The minimum absolute atomic E-state index is 0.00999. The van der Waals surface area contributed by atoms with E-state index in [1.54, 1.807) is 7.11 Å². The van der Waals surface area contributed by atoms with Crippen LogP contribution < -0.4 is 19.7 Å². The second kappa shape index (κ2) is 10.3. The monoisotopic (exact) mass is 356 g/mol. The summed E-state index contributed by atoms with van der Waals surface area (Å²) in [4.78, 5) is 14.3. The number of carbonyl (C=O) groups is 1. The van der Waals surface area contributed by atoms with Crippen molar-refractivity contribution in [2.45, 2.75) is 26.7 Å². The molecule has 0 aliphatic carbocycles. The first-order valence-corrected chi connectivity index (χ1v) is 9.08. The second-order valence-corrected chi connectivity index (χ2v) is 5.87. The van der Waals surface area contributed by atoms with E-state index in [1.807, 2.05) is 48.5 Å². The molecule has 0 aliphatic rings. The largest absolute Gasteiger partial charge is 0.493 e. The van der Waals surface area contributed by atoms with Crippen LogP contribution in [0.4, 0.5) is 11.4 Å². The summed E-state index contributed by atoms with van der Waals surface area (Å²) in [5.74, 6) is 1.39. The van der Waals surface area contributed by atoms with Crippen molar-refractivity contribution in [1.29, 1.82) is 0 Å². The molecule has 0 radical (unpaired) electrons. The van der Waals surface area contributed by atoms with E-state index < -0.39 is 0 Å². The lowest BCUT2D eigenvalue weighted by Crippen LogP contribution is -2.21. The van der Waals surface area contributed by atoms with Gasteiger partial charge in [-0.3, -0.25) is 4.79 Å². The van der Waals surface area contributed by atoms with E-state index in [4.69, 9.17) is 9.47 Å². The minimum Gasteiger partial charge on any atom is -0.493 e. The predicted octanol–water partition coefficient (Wildman–Crippen LogP) is 4.34. The lowest BCUT2D eigenvalue weighted by Gasteiger charge is -2.21. The van der Waals surface area contributed by atoms with E-state index >= 15 is 0 Å². The number of hydrogen-bond donors (Lipinski definition) is 1. The van der Waals surface area contributed by atoms with Gasteiger partial charge in [-0.25, -0.2) is 0 Å². The van der Waals surface area contributed by atoms with Crippen molar-refractivity contribution in [3.05, 3.63) is 48.5 Å². The quantitative estimate of drug-likeness (QED) is 0.644. The number of anilines is 2. The van der Waals surface area contributed by atoms with Gasteiger partial charge in [0.2, 0.25) is 5.91 Å². The average molecular weight is 356 g/mol. The molecule has 0 unspecified atom stereocenters. The molecule has 5 heteroatoms. The Labute approximate surface area is 155 Å². The molecule has 0 fully saturated rings. The first-order valence-electron chi connectivity index (χ1n) is 9.08. The van der Waals surface area contributed by atoms with Crippen LogP contribution in [0.1, 0.15) is 26.7 Å². The first-order chi connectivity index (χ1) is 12.7. The summed E-state index contributed by atoms with van der Waals surface area (Å²) in [6.45, 7) is 6.66. The number of rotatable bonds is 10. The van der Waals surface area contributed by atoms with Crippen LogP contribution in [-0.2, 0) is 4.79 Å². The second-order valence-electron chi connectivity index (χ2n) is 5.87. The number of methoxy groups -OCH3 is 1. The van der Waals surface area contributed by atoms with Crippen LogP contribution >= 0.6 is 0 Å². The third-order valence-corrected chi connectivity index (χ3v) is 4.15. The maximum Gasteiger partial charge on any atom is 0.224 e. The van der Waals surface area contributed by atoms with Gasteiger partial charge < -0.3 is 19.7 Å². The maximum atomic E-state index is 12.1. The van der Waals surface area contributed by atoms with E-state index in [0.29, 0.717) is 30.9 Å². The van der Waals surface area contributed by atoms with Crippen molar-refractivity contribution in [2.75, 3.05) is 37.0 Å². The van der Waals surface area contributed by atoms with Gasteiger partial charge >= 0.3 is 0 Å². The Hall–Kier alpha value is -2.69. The standard InChI is InChI=1S/C21H28N2O3/c1-4-23(5-2)18-14-12-17(13-15-18)22-21(24)11-8-16-26-20-10-7-6-9-19(20)25-3/h6-7,9-10,12-15H,4-5,8,11,16H2,1-3H3,(H,22,24). The Kier molecular flexibility index (Phi) is 7.80. The molecule has 1 N–H and O–H groups in total. The van der Waals surface area contributed by atoms with Crippen molar-refractivity contribution in [3.8, 4) is 11.5 Å². The molecule has 5 nitrogen and oxygen atoms in total. The van der Waals surface area contributed by atoms with E-state index in [2.05, 4.69) is 24.1 Å². The van der Waals surface area contributed by atoms with Gasteiger partial charge in [-0.2, -0.15) is 0 Å². The fourth-order valence-corrected chi connectivity index (χ4v) is 2.72. The summed E-state index contributed by atoms with van der Waals surface area (Å²) < 4.78 is 10.9. The molecule has 0 spiro atoms. The molecule has 26 heavy (non-hydrogen) atoms. The summed E-state index contributed by atoms with van der Waals surface area (Å²) in [6.07, 6.45) is 1.05.